The van der Waals surface area contributed by atoms with Gasteiger partial charge in [-0.3, -0.25) is 0 Å². The van der Waals surface area contributed by atoms with Crippen molar-refractivity contribution >= 4 is 39.1 Å². The molecular weight excluding hydrogens is 248 g/mol. The summed E-state index contributed by atoms with van der Waals surface area (Å²) in [6, 6.07) is 8.29. The highest BCUT2D eigenvalue weighted by molar-refractivity contribution is 7.19. The molecule has 17 heavy (non-hydrogen) atoms. The van der Waals surface area contributed by atoms with Gasteiger partial charge in [0, 0.05) is 14.6 Å². The molecule has 0 aliphatic heterocycles. The van der Waals surface area contributed by atoms with Gasteiger partial charge in [0.25, 0.3) is 0 Å². The van der Waals surface area contributed by atoms with Crippen molar-refractivity contribution in [2.45, 2.75) is 32.6 Å². The lowest BCUT2D eigenvalue weighted by molar-refractivity contribution is 0.730. The highest BCUT2D eigenvalue weighted by Crippen LogP contribution is 2.28. The molecule has 90 valence electrons. The Hall–Kier alpha value is -0.790. The van der Waals surface area contributed by atoms with Gasteiger partial charge in [-0.1, -0.05) is 37.4 Å². The summed E-state index contributed by atoms with van der Waals surface area (Å²) in [5.41, 5.74) is 0. The van der Waals surface area contributed by atoms with E-state index in [-0.39, 0.29) is 0 Å². The Kier molecular flexibility index (Phi) is 4.64. The van der Waals surface area contributed by atoms with Gasteiger partial charge in [0.15, 0.2) is 0 Å². The van der Waals surface area contributed by atoms with Crippen LogP contribution in [0, 0.1) is 0 Å². The lowest BCUT2D eigenvalue weighted by Crippen LogP contribution is -1.70. The van der Waals surface area contributed by atoms with Gasteiger partial charge >= 0.3 is 0 Å². The Morgan fingerprint density at radius 2 is 2.12 bits per heavy atom. The molecule has 0 N–H and O–H groups in total. The number of rotatable bonds is 5. The van der Waals surface area contributed by atoms with Gasteiger partial charge in [0.2, 0.25) is 0 Å². The van der Waals surface area contributed by atoms with E-state index in [1.807, 2.05) is 23.5 Å². The Bertz CT molecular complexity index is 511. The van der Waals surface area contributed by atoms with Gasteiger partial charge in [0.1, 0.15) is 0 Å². The van der Waals surface area contributed by atoms with E-state index in [0.29, 0.717) is 0 Å². The van der Waals surface area contributed by atoms with E-state index < -0.39 is 0 Å². The summed E-state index contributed by atoms with van der Waals surface area (Å²) in [6.07, 6.45) is 9.60. The monoisotopic (exact) mass is 264 g/mol. The number of benzene rings is 1. The fraction of sp³-hybridized carbons (Fsp3) is 0.333. The van der Waals surface area contributed by atoms with Crippen LogP contribution in [0.15, 0.2) is 30.3 Å². The summed E-state index contributed by atoms with van der Waals surface area (Å²) in [7, 11) is 0. The minimum absolute atomic E-state index is 0.814. The van der Waals surface area contributed by atoms with Crippen molar-refractivity contribution in [1.29, 1.82) is 0 Å². The molecule has 0 unspecified atom stereocenters. The van der Waals surface area contributed by atoms with E-state index in [2.05, 4.69) is 31.2 Å². The first-order valence-electron chi connectivity index (χ1n) is 6.15. The Morgan fingerprint density at radius 1 is 1.24 bits per heavy atom. The molecule has 0 atom stereocenters. The van der Waals surface area contributed by atoms with Crippen LogP contribution in [0.1, 0.15) is 37.5 Å². The minimum atomic E-state index is 0.814. The number of thiophene rings is 1. The Balaban J connectivity index is 2.04. The lowest BCUT2D eigenvalue weighted by Gasteiger charge is -1.90. The average molecular weight is 265 g/mol. The molecule has 0 amide bonds. The fourth-order valence-electron chi connectivity index (χ4n) is 1.83. The predicted octanol–water partition coefficient (Wildman–Crippen LogP) is 6.15. The quantitative estimate of drug-likeness (QED) is 0.568. The van der Waals surface area contributed by atoms with Crippen molar-refractivity contribution in [1.82, 2.24) is 0 Å². The van der Waals surface area contributed by atoms with E-state index in [1.54, 1.807) is 0 Å². The van der Waals surface area contributed by atoms with E-state index in [1.165, 1.54) is 40.6 Å². The smallest absolute Gasteiger partial charge is 0.0412 e. The van der Waals surface area contributed by atoms with Crippen molar-refractivity contribution in [3.05, 3.63) is 40.2 Å². The lowest BCUT2D eigenvalue weighted by atomic mass is 10.2. The van der Waals surface area contributed by atoms with E-state index in [0.717, 1.165) is 5.02 Å². The topological polar surface area (TPSA) is 0 Å². The van der Waals surface area contributed by atoms with Crippen LogP contribution < -0.4 is 0 Å². The van der Waals surface area contributed by atoms with E-state index in [9.17, 15) is 0 Å². The van der Waals surface area contributed by atoms with Gasteiger partial charge in [-0.2, -0.15) is 0 Å². The van der Waals surface area contributed by atoms with Crippen LogP contribution in [0.3, 0.4) is 0 Å². The maximum absolute atomic E-state index is 5.98. The van der Waals surface area contributed by atoms with Crippen LogP contribution in [-0.4, -0.2) is 0 Å². The SMILES string of the molecule is CCCCCC=Cc1cc2cc(Cl)ccc2s1. The van der Waals surface area contributed by atoms with Gasteiger partial charge < -0.3 is 0 Å². The molecule has 2 rings (SSSR count). The third kappa shape index (κ3) is 3.58. The molecule has 2 aromatic rings. The first-order valence-corrected chi connectivity index (χ1v) is 7.34. The number of fused-ring (bicyclic) bond motifs is 1. The van der Waals surface area contributed by atoms with E-state index in [4.69, 9.17) is 11.6 Å². The normalized spacial score (nSPS) is 11.6. The van der Waals surface area contributed by atoms with Crippen molar-refractivity contribution in [3.8, 4) is 0 Å². The number of halogens is 1. The molecule has 0 radical (unpaired) electrons. The van der Waals surface area contributed by atoms with Crippen molar-refractivity contribution in [2.75, 3.05) is 0 Å². The summed E-state index contributed by atoms with van der Waals surface area (Å²) in [5, 5.41) is 2.06. The van der Waals surface area contributed by atoms with Gasteiger partial charge in [-0.15, -0.1) is 11.3 Å². The zero-order chi connectivity index (χ0) is 12.1. The zero-order valence-corrected chi connectivity index (χ0v) is 11.7. The summed E-state index contributed by atoms with van der Waals surface area (Å²) in [5.74, 6) is 0. The van der Waals surface area contributed by atoms with Crippen LogP contribution in [0.2, 0.25) is 5.02 Å². The summed E-state index contributed by atoms with van der Waals surface area (Å²) < 4.78 is 1.31. The second kappa shape index (κ2) is 6.23. The molecule has 0 bridgehead atoms. The van der Waals surface area contributed by atoms with Gasteiger partial charge in [0.05, 0.1) is 0 Å². The fourth-order valence-corrected chi connectivity index (χ4v) is 2.98. The molecular formula is C15H17ClS. The molecule has 1 aromatic heterocycles. The summed E-state index contributed by atoms with van der Waals surface area (Å²) >= 11 is 7.80. The second-order valence-electron chi connectivity index (χ2n) is 4.23. The standard InChI is InChI=1S/C15H17ClS/c1-2-3-4-5-6-7-14-11-12-10-13(16)8-9-15(12)17-14/h6-11H,2-5H2,1H3. The van der Waals surface area contributed by atoms with Crippen molar-refractivity contribution < 1.29 is 0 Å². The van der Waals surface area contributed by atoms with Crippen LogP contribution in [0.5, 0.6) is 0 Å². The molecule has 2 heteroatoms. The highest BCUT2D eigenvalue weighted by atomic mass is 35.5. The average Bonchev–Trinajstić information content (AvgIpc) is 2.70. The molecule has 1 heterocycles. The first-order chi connectivity index (χ1) is 8.29. The summed E-state index contributed by atoms with van der Waals surface area (Å²) in [4.78, 5) is 1.32. The molecule has 0 fully saturated rings. The Morgan fingerprint density at radius 3 is 2.94 bits per heavy atom. The van der Waals surface area contributed by atoms with E-state index >= 15 is 0 Å². The third-order valence-electron chi connectivity index (χ3n) is 2.75. The Labute approximate surface area is 112 Å². The first kappa shape index (κ1) is 12.7. The van der Waals surface area contributed by atoms with Crippen LogP contribution in [0.4, 0.5) is 0 Å². The molecule has 0 nitrogen and oxygen atoms in total. The van der Waals surface area contributed by atoms with Crippen LogP contribution in [0.25, 0.3) is 16.2 Å². The largest absolute Gasteiger partial charge is 0.136 e. The number of unbranched alkanes of at least 4 members (excludes halogenated alkanes) is 3. The second-order valence-corrected chi connectivity index (χ2v) is 5.78. The molecule has 0 aliphatic rings. The summed E-state index contributed by atoms with van der Waals surface area (Å²) in [6.45, 7) is 2.24. The molecule has 0 saturated carbocycles. The van der Waals surface area contributed by atoms with Gasteiger partial charge in [-0.25, -0.2) is 0 Å². The molecule has 0 spiro atoms. The minimum Gasteiger partial charge on any atom is -0.136 e. The molecule has 1 aromatic carbocycles. The van der Waals surface area contributed by atoms with Gasteiger partial charge in [-0.05, 0) is 48.6 Å². The zero-order valence-electron chi connectivity index (χ0n) is 10.1. The maximum atomic E-state index is 5.98. The number of allylic oxidation sites excluding steroid dienone is 1. The number of hydrogen-bond acceptors (Lipinski definition) is 1. The highest BCUT2D eigenvalue weighted by Gasteiger charge is 1.99. The molecule has 0 saturated heterocycles. The maximum Gasteiger partial charge on any atom is 0.0412 e. The van der Waals surface area contributed by atoms with Crippen LogP contribution >= 0.6 is 22.9 Å². The van der Waals surface area contributed by atoms with Crippen molar-refractivity contribution in [3.63, 3.8) is 0 Å². The van der Waals surface area contributed by atoms with Crippen LogP contribution in [-0.2, 0) is 0 Å². The van der Waals surface area contributed by atoms with Crippen molar-refractivity contribution in [2.24, 2.45) is 0 Å². The third-order valence-corrected chi connectivity index (χ3v) is 4.07. The molecule has 0 aliphatic carbocycles. The predicted molar refractivity (Wildman–Crippen MR) is 80.0 cm³/mol. The number of hydrogen-bond donors (Lipinski definition) is 0.